The molecule has 1 aliphatic rings. The normalized spacial score (nSPS) is 22.6. The molecule has 1 heterocycles. The van der Waals surface area contributed by atoms with Crippen LogP contribution < -0.4 is 9.47 Å². The molecule has 3 atom stereocenters. The van der Waals surface area contributed by atoms with Gasteiger partial charge >= 0.3 is 6.18 Å². The Morgan fingerprint density at radius 1 is 1.04 bits per heavy atom. The molecule has 2 aromatic carbocycles. The molecule has 0 aliphatic carbocycles. The number of halogens is 3. The van der Waals surface area contributed by atoms with E-state index in [1.54, 1.807) is 30.1 Å². The number of fused-ring (bicyclic) bond motifs is 1. The molecule has 0 aromatic heterocycles. The summed E-state index contributed by atoms with van der Waals surface area (Å²) >= 11 is 0. The van der Waals surface area contributed by atoms with E-state index in [1.165, 1.54) is 20.3 Å². The van der Waals surface area contributed by atoms with Crippen LogP contribution >= 0.6 is 0 Å². The van der Waals surface area contributed by atoms with Crippen molar-refractivity contribution in [3.05, 3.63) is 58.7 Å². The predicted molar refractivity (Wildman–Crippen MR) is 96.4 cm³/mol. The van der Waals surface area contributed by atoms with Crippen LogP contribution in [0.4, 0.5) is 13.2 Å². The molecule has 0 amide bonds. The van der Waals surface area contributed by atoms with E-state index in [-0.39, 0.29) is 6.61 Å². The fraction of sp³-hybridized carbons (Fsp3) is 0.400. The first-order valence-corrected chi connectivity index (χ1v) is 8.66. The third-order valence-corrected chi connectivity index (χ3v) is 5.21. The second-order valence-corrected chi connectivity index (χ2v) is 6.72. The van der Waals surface area contributed by atoms with Crippen LogP contribution in [0.3, 0.4) is 0 Å². The van der Waals surface area contributed by atoms with E-state index in [9.17, 15) is 23.4 Å². The number of nitrogens with zero attached hydrogens (tertiary/aromatic N) is 1. The molecular weight excluding hydrogens is 375 g/mol. The largest absolute Gasteiger partial charge is 0.493 e. The molecule has 5 nitrogen and oxygen atoms in total. The van der Waals surface area contributed by atoms with Crippen LogP contribution in [0.5, 0.6) is 11.5 Å². The van der Waals surface area contributed by atoms with Gasteiger partial charge in [-0.25, -0.2) is 0 Å². The first kappa shape index (κ1) is 20.4. The van der Waals surface area contributed by atoms with Gasteiger partial charge in [-0.1, -0.05) is 12.1 Å². The van der Waals surface area contributed by atoms with Gasteiger partial charge in [0.2, 0.25) is 0 Å². The number of hydrogen-bond donors (Lipinski definition) is 2. The number of rotatable bonds is 4. The van der Waals surface area contributed by atoms with Gasteiger partial charge in [-0.2, -0.15) is 13.2 Å². The molecule has 2 aromatic rings. The van der Waals surface area contributed by atoms with E-state index in [1.807, 2.05) is 0 Å². The lowest BCUT2D eigenvalue weighted by molar-refractivity contribution is -0.137. The summed E-state index contributed by atoms with van der Waals surface area (Å²) in [5.41, 5.74) is 0.720. The Morgan fingerprint density at radius 2 is 1.64 bits per heavy atom. The maximum atomic E-state index is 13.2. The zero-order valence-corrected chi connectivity index (χ0v) is 15.7. The highest BCUT2D eigenvalue weighted by atomic mass is 19.4. The molecule has 0 saturated heterocycles. The smallest absolute Gasteiger partial charge is 0.416 e. The molecular formula is C20H22F3NO4. The maximum absolute atomic E-state index is 13.2. The topological polar surface area (TPSA) is 62.2 Å². The highest BCUT2D eigenvalue weighted by Crippen LogP contribution is 2.46. The first-order chi connectivity index (χ1) is 13.2. The van der Waals surface area contributed by atoms with Crippen molar-refractivity contribution < 1.29 is 32.9 Å². The van der Waals surface area contributed by atoms with E-state index in [4.69, 9.17) is 9.47 Å². The van der Waals surface area contributed by atoms with Crippen molar-refractivity contribution in [2.24, 2.45) is 0 Å². The average Bonchev–Trinajstić information content (AvgIpc) is 2.67. The van der Waals surface area contributed by atoms with E-state index in [2.05, 4.69) is 0 Å². The number of hydrogen-bond acceptors (Lipinski definition) is 5. The van der Waals surface area contributed by atoms with E-state index in [0.717, 1.165) is 12.1 Å². The predicted octanol–water partition coefficient (Wildman–Crippen LogP) is 3.15. The summed E-state index contributed by atoms with van der Waals surface area (Å²) in [6, 6.07) is 7.02. The summed E-state index contributed by atoms with van der Waals surface area (Å²) in [5, 5.41) is 20.5. The second kappa shape index (κ2) is 7.62. The number of alkyl halides is 3. The van der Waals surface area contributed by atoms with Gasteiger partial charge < -0.3 is 19.7 Å². The summed E-state index contributed by atoms with van der Waals surface area (Å²) in [6.07, 6.45) is -5.51. The van der Waals surface area contributed by atoms with E-state index >= 15 is 0 Å². The van der Waals surface area contributed by atoms with Gasteiger partial charge in [-0.15, -0.1) is 0 Å². The third kappa shape index (κ3) is 3.43. The Hall–Kier alpha value is -2.29. The Morgan fingerprint density at radius 3 is 2.18 bits per heavy atom. The van der Waals surface area contributed by atoms with Gasteiger partial charge in [0.15, 0.2) is 11.5 Å². The highest BCUT2D eigenvalue weighted by Gasteiger charge is 2.40. The van der Waals surface area contributed by atoms with Crippen molar-refractivity contribution in [3.8, 4) is 11.5 Å². The molecule has 1 aliphatic heterocycles. The Kier molecular flexibility index (Phi) is 5.56. The number of aliphatic hydroxyl groups is 2. The van der Waals surface area contributed by atoms with Crippen molar-refractivity contribution in [1.29, 1.82) is 0 Å². The first-order valence-electron chi connectivity index (χ1n) is 8.66. The van der Waals surface area contributed by atoms with Gasteiger partial charge in [-0.05, 0) is 48.0 Å². The minimum atomic E-state index is -4.47. The second-order valence-electron chi connectivity index (χ2n) is 6.72. The minimum absolute atomic E-state index is 0.360. The van der Waals surface area contributed by atoms with Gasteiger partial charge in [-0.3, -0.25) is 4.90 Å². The number of aliphatic hydroxyl groups excluding tert-OH is 2. The fourth-order valence-electron chi connectivity index (χ4n) is 3.77. The monoisotopic (exact) mass is 397 g/mol. The molecule has 0 spiro atoms. The van der Waals surface area contributed by atoms with Gasteiger partial charge in [0, 0.05) is 0 Å². The summed E-state index contributed by atoms with van der Waals surface area (Å²) in [4.78, 5) is 1.68. The molecule has 152 valence electrons. The average molecular weight is 397 g/mol. The standard InChI is InChI=1S/C20H22F3NO4/c1-24-15(10-25)19(26)14-9-17(28-3)16(27-2)8-13(14)18(24)11-5-4-6-12(7-11)20(21,22)23/h4-9,15,18-19,25-26H,10H2,1-3H3/t15-,18-,19+/m0/s1. The lowest BCUT2D eigenvalue weighted by atomic mass is 9.82. The van der Waals surface area contributed by atoms with Crippen LogP contribution in [0.2, 0.25) is 0 Å². The zero-order chi connectivity index (χ0) is 20.6. The van der Waals surface area contributed by atoms with Crippen LogP contribution in [0.15, 0.2) is 36.4 Å². The third-order valence-electron chi connectivity index (χ3n) is 5.21. The summed E-state index contributed by atoms with van der Waals surface area (Å²) in [5.74, 6) is 0.797. The quantitative estimate of drug-likeness (QED) is 0.830. The summed E-state index contributed by atoms with van der Waals surface area (Å²) in [7, 11) is 4.58. The number of methoxy groups -OCH3 is 2. The lowest BCUT2D eigenvalue weighted by Gasteiger charge is -2.43. The lowest BCUT2D eigenvalue weighted by Crippen LogP contribution is -2.46. The van der Waals surface area contributed by atoms with Crippen molar-refractivity contribution in [2.45, 2.75) is 24.4 Å². The number of ether oxygens (including phenoxy) is 2. The van der Waals surface area contributed by atoms with E-state index in [0.29, 0.717) is 28.2 Å². The Balaban J connectivity index is 2.22. The highest BCUT2D eigenvalue weighted by molar-refractivity contribution is 5.53. The Bertz CT molecular complexity index is 856. The van der Waals surface area contributed by atoms with Crippen molar-refractivity contribution in [3.63, 3.8) is 0 Å². The molecule has 0 fully saturated rings. The maximum Gasteiger partial charge on any atom is 0.416 e. The molecule has 2 N–H and O–H groups in total. The van der Waals surface area contributed by atoms with Crippen LogP contribution in [0, 0.1) is 0 Å². The SMILES string of the molecule is COc1cc2c(cc1OC)[C@@H](O)[C@H](CO)N(C)[C@H]2c1cccc(C(F)(F)F)c1. The molecule has 28 heavy (non-hydrogen) atoms. The van der Waals surface area contributed by atoms with Gasteiger partial charge in [0.1, 0.15) is 0 Å². The van der Waals surface area contributed by atoms with E-state index < -0.39 is 29.9 Å². The molecule has 0 saturated carbocycles. The number of likely N-dealkylation sites (N-methyl/N-ethyl adjacent to an activating group) is 1. The zero-order valence-electron chi connectivity index (χ0n) is 15.7. The minimum Gasteiger partial charge on any atom is -0.493 e. The number of benzene rings is 2. The van der Waals surface area contributed by atoms with Crippen LogP contribution in [0.25, 0.3) is 0 Å². The summed E-state index contributed by atoms with van der Waals surface area (Å²) < 4.78 is 50.3. The molecule has 0 radical (unpaired) electrons. The Labute approximate surface area is 160 Å². The fourth-order valence-corrected chi connectivity index (χ4v) is 3.77. The molecule has 3 rings (SSSR count). The van der Waals surface area contributed by atoms with Gasteiger partial charge in [0.25, 0.3) is 0 Å². The van der Waals surface area contributed by atoms with Crippen LogP contribution in [-0.2, 0) is 6.18 Å². The van der Waals surface area contributed by atoms with Crippen LogP contribution in [-0.4, -0.2) is 49.0 Å². The van der Waals surface area contributed by atoms with Gasteiger partial charge in [0.05, 0.1) is 44.6 Å². The van der Waals surface area contributed by atoms with Crippen molar-refractivity contribution >= 4 is 0 Å². The van der Waals surface area contributed by atoms with Crippen LogP contribution in [0.1, 0.15) is 34.4 Å². The summed E-state index contributed by atoms with van der Waals surface area (Å²) in [6.45, 7) is -0.360. The molecule has 8 heteroatoms. The van der Waals surface area contributed by atoms with Crippen molar-refractivity contribution in [1.82, 2.24) is 4.90 Å². The van der Waals surface area contributed by atoms with Crippen molar-refractivity contribution in [2.75, 3.05) is 27.9 Å². The molecule has 0 bridgehead atoms. The molecule has 0 unspecified atom stereocenters.